The summed E-state index contributed by atoms with van der Waals surface area (Å²) < 4.78 is 39.1. The Morgan fingerprint density at radius 1 is 1.00 bits per heavy atom. The standard InChI is InChI=1S/C24H24N2O6S/c1-31-16-14-25-24(28)19-9-12-23(32-20-10-7-18(8-11-20)13-15-27)22(17-19)26-33(29,30)21-5-3-2-4-6-21/h2-12,15,17,26H,13-14,16H2,1H3,(H,25,28). The molecule has 0 fully saturated rings. The molecule has 1 amide bonds. The number of benzene rings is 3. The van der Waals surface area contributed by atoms with Crippen LogP contribution in [-0.4, -0.2) is 40.9 Å². The molecule has 3 aromatic carbocycles. The van der Waals surface area contributed by atoms with Crippen LogP contribution in [0, 0.1) is 0 Å². The van der Waals surface area contributed by atoms with Crippen LogP contribution >= 0.6 is 0 Å². The van der Waals surface area contributed by atoms with Gasteiger partial charge in [-0.15, -0.1) is 0 Å². The van der Waals surface area contributed by atoms with Crippen LogP contribution in [0.2, 0.25) is 0 Å². The van der Waals surface area contributed by atoms with Crippen LogP contribution in [0.4, 0.5) is 5.69 Å². The molecule has 2 N–H and O–H groups in total. The molecule has 3 rings (SSSR count). The molecule has 0 saturated carbocycles. The molecule has 0 saturated heterocycles. The Bertz CT molecular complexity index is 1200. The second kappa shape index (κ2) is 11.3. The Hall–Kier alpha value is -3.69. The van der Waals surface area contributed by atoms with Crippen LogP contribution < -0.4 is 14.8 Å². The first kappa shape index (κ1) is 24.0. The van der Waals surface area contributed by atoms with E-state index in [2.05, 4.69) is 10.0 Å². The van der Waals surface area contributed by atoms with Gasteiger partial charge in [0, 0.05) is 25.6 Å². The van der Waals surface area contributed by atoms with Crippen LogP contribution in [0.3, 0.4) is 0 Å². The van der Waals surface area contributed by atoms with E-state index in [-0.39, 0.29) is 34.2 Å². The van der Waals surface area contributed by atoms with Gasteiger partial charge in [-0.05, 0) is 48.0 Å². The first-order valence-electron chi connectivity index (χ1n) is 10.1. The quantitative estimate of drug-likeness (QED) is 0.330. The van der Waals surface area contributed by atoms with Gasteiger partial charge in [-0.1, -0.05) is 30.3 Å². The number of hydrogen-bond acceptors (Lipinski definition) is 6. The Morgan fingerprint density at radius 3 is 2.39 bits per heavy atom. The highest BCUT2D eigenvalue weighted by molar-refractivity contribution is 7.92. The fourth-order valence-electron chi connectivity index (χ4n) is 2.93. The molecular formula is C24H24N2O6S. The number of sulfonamides is 1. The number of hydrogen-bond donors (Lipinski definition) is 2. The summed E-state index contributed by atoms with van der Waals surface area (Å²) in [6.45, 7) is 0.659. The van der Waals surface area contributed by atoms with Crippen molar-refractivity contribution >= 4 is 27.9 Å². The number of carbonyl (C=O) groups excluding carboxylic acids is 2. The summed E-state index contributed by atoms with van der Waals surface area (Å²) in [6, 6.07) is 19.2. The number of anilines is 1. The smallest absolute Gasteiger partial charge is 0.262 e. The lowest BCUT2D eigenvalue weighted by molar-refractivity contribution is -0.107. The van der Waals surface area contributed by atoms with Crippen molar-refractivity contribution in [3.05, 3.63) is 83.9 Å². The largest absolute Gasteiger partial charge is 0.455 e. The third-order valence-corrected chi connectivity index (χ3v) is 5.98. The average molecular weight is 469 g/mol. The van der Waals surface area contributed by atoms with Crippen molar-refractivity contribution in [3.8, 4) is 11.5 Å². The molecule has 0 aliphatic carbocycles. The van der Waals surface area contributed by atoms with Crippen LogP contribution in [0.1, 0.15) is 15.9 Å². The number of carbonyl (C=O) groups is 2. The highest BCUT2D eigenvalue weighted by Crippen LogP contribution is 2.32. The monoisotopic (exact) mass is 468 g/mol. The predicted molar refractivity (Wildman–Crippen MR) is 124 cm³/mol. The lowest BCUT2D eigenvalue weighted by Gasteiger charge is -2.15. The fraction of sp³-hybridized carbons (Fsp3) is 0.167. The molecule has 0 atom stereocenters. The zero-order valence-electron chi connectivity index (χ0n) is 18.0. The molecular weight excluding hydrogens is 444 g/mol. The Kier molecular flexibility index (Phi) is 8.17. The van der Waals surface area contributed by atoms with Crippen molar-refractivity contribution in [1.29, 1.82) is 0 Å². The number of rotatable bonds is 11. The summed E-state index contributed by atoms with van der Waals surface area (Å²) in [4.78, 5) is 23.2. The van der Waals surface area contributed by atoms with Gasteiger partial charge in [0.2, 0.25) is 0 Å². The molecule has 0 aromatic heterocycles. The summed E-state index contributed by atoms with van der Waals surface area (Å²) in [7, 11) is -2.40. The zero-order chi connectivity index (χ0) is 23.7. The topological polar surface area (TPSA) is 111 Å². The third-order valence-electron chi connectivity index (χ3n) is 4.60. The van der Waals surface area contributed by atoms with Gasteiger partial charge in [-0.2, -0.15) is 0 Å². The van der Waals surface area contributed by atoms with E-state index in [1.165, 1.54) is 31.4 Å². The van der Waals surface area contributed by atoms with Gasteiger partial charge in [0.1, 0.15) is 12.0 Å². The molecule has 9 heteroatoms. The minimum Gasteiger partial charge on any atom is -0.455 e. The normalized spacial score (nSPS) is 10.9. The molecule has 172 valence electrons. The SMILES string of the molecule is COCCNC(=O)c1ccc(Oc2ccc(CC=O)cc2)c(NS(=O)(=O)c2ccccc2)c1. The van der Waals surface area contributed by atoms with Crippen LogP contribution in [-0.2, 0) is 26.0 Å². The summed E-state index contributed by atoms with van der Waals surface area (Å²) in [6.07, 6.45) is 1.10. The van der Waals surface area contributed by atoms with Crippen molar-refractivity contribution in [2.75, 3.05) is 25.0 Å². The predicted octanol–water partition coefficient (Wildman–Crippen LogP) is 3.40. The van der Waals surface area contributed by atoms with Gasteiger partial charge >= 0.3 is 0 Å². The Labute approximate surface area is 192 Å². The number of aldehydes is 1. The Morgan fingerprint density at radius 2 is 1.73 bits per heavy atom. The highest BCUT2D eigenvalue weighted by atomic mass is 32.2. The molecule has 0 heterocycles. The van der Waals surface area contributed by atoms with Gasteiger partial charge in [0.25, 0.3) is 15.9 Å². The van der Waals surface area contributed by atoms with Crippen LogP contribution in [0.5, 0.6) is 11.5 Å². The van der Waals surface area contributed by atoms with Crippen molar-refractivity contribution < 1.29 is 27.5 Å². The van der Waals surface area contributed by atoms with E-state index in [0.29, 0.717) is 18.9 Å². The maximum atomic E-state index is 12.9. The van der Waals surface area contributed by atoms with E-state index >= 15 is 0 Å². The summed E-state index contributed by atoms with van der Waals surface area (Å²) in [5, 5.41) is 2.70. The second-order valence-corrected chi connectivity index (χ2v) is 8.68. The summed E-state index contributed by atoms with van der Waals surface area (Å²) in [5.74, 6) is 0.283. The van der Waals surface area contributed by atoms with E-state index < -0.39 is 10.0 Å². The molecule has 0 radical (unpaired) electrons. The van der Waals surface area contributed by atoms with Gasteiger partial charge in [0.05, 0.1) is 17.2 Å². The van der Waals surface area contributed by atoms with E-state index in [9.17, 15) is 18.0 Å². The van der Waals surface area contributed by atoms with Gasteiger partial charge in [-0.25, -0.2) is 8.42 Å². The van der Waals surface area contributed by atoms with Crippen molar-refractivity contribution in [2.24, 2.45) is 0 Å². The van der Waals surface area contributed by atoms with E-state index in [0.717, 1.165) is 11.8 Å². The average Bonchev–Trinajstić information content (AvgIpc) is 2.82. The highest BCUT2D eigenvalue weighted by Gasteiger charge is 2.19. The van der Waals surface area contributed by atoms with Gasteiger partial charge in [-0.3, -0.25) is 9.52 Å². The third kappa shape index (κ3) is 6.64. The van der Waals surface area contributed by atoms with Crippen LogP contribution in [0.25, 0.3) is 0 Å². The van der Waals surface area contributed by atoms with Gasteiger partial charge in [0.15, 0.2) is 5.75 Å². The molecule has 3 aromatic rings. The van der Waals surface area contributed by atoms with Crippen molar-refractivity contribution in [2.45, 2.75) is 11.3 Å². The van der Waals surface area contributed by atoms with Crippen molar-refractivity contribution in [1.82, 2.24) is 5.32 Å². The van der Waals surface area contributed by atoms with E-state index in [1.807, 2.05) is 0 Å². The lowest BCUT2D eigenvalue weighted by Crippen LogP contribution is -2.27. The summed E-state index contributed by atoms with van der Waals surface area (Å²) in [5.41, 5.74) is 1.19. The van der Waals surface area contributed by atoms with Gasteiger partial charge < -0.3 is 19.6 Å². The maximum absolute atomic E-state index is 12.9. The van der Waals surface area contributed by atoms with Crippen molar-refractivity contribution in [3.63, 3.8) is 0 Å². The first-order valence-corrected chi connectivity index (χ1v) is 11.6. The number of amides is 1. The Balaban J connectivity index is 1.92. The number of nitrogens with one attached hydrogen (secondary N) is 2. The van der Waals surface area contributed by atoms with Crippen LogP contribution in [0.15, 0.2) is 77.7 Å². The maximum Gasteiger partial charge on any atom is 0.262 e. The molecule has 0 spiro atoms. The second-order valence-electron chi connectivity index (χ2n) is 6.99. The molecule has 8 nitrogen and oxygen atoms in total. The zero-order valence-corrected chi connectivity index (χ0v) is 18.8. The molecule has 0 aliphatic rings. The number of methoxy groups -OCH3 is 1. The minimum atomic E-state index is -3.93. The van der Waals surface area contributed by atoms with E-state index in [4.69, 9.17) is 9.47 Å². The molecule has 0 aliphatic heterocycles. The lowest BCUT2D eigenvalue weighted by atomic mass is 10.1. The molecule has 0 unspecified atom stereocenters. The first-order chi connectivity index (χ1) is 15.9. The fourth-order valence-corrected chi connectivity index (χ4v) is 4.01. The summed E-state index contributed by atoms with van der Waals surface area (Å²) >= 11 is 0. The minimum absolute atomic E-state index is 0.0733. The molecule has 33 heavy (non-hydrogen) atoms. The van der Waals surface area contributed by atoms with E-state index in [1.54, 1.807) is 48.5 Å². The number of ether oxygens (including phenoxy) is 2. The molecule has 0 bridgehead atoms.